The molecule has 0 aromatic rings. The fourth-order valence-corrected chi connectivity index (χ4v) is 7.95. The lowest BCUT2D eigenvalue weighted by Crippen LogP contribution is -2.56. The lowest BCUT2D eigenvalue weighted by Gasteiger charge is -2.44. The van der Waals surface area contributed by atoms with Crippen molar-refractivity contribution >= 4 is 29.8 Å². The SMILES string of the molecule is CC(=O)OCC1OC(OC(C)=O)C(OC(C)=O)[C@@H](C)[C@@H]1C.CC(=O)OCC1O[C@@H](O[C@@H]2C3CO[C@H](O3)C3O[C@@H]32)C(OC(C)=O)[C@@H](C)[C@@H]1C.O[C@@H]1C2CO[C@H](O2)C2O[C@@H]21. The topological polar surface area (TPSA) is 241 Å². The van der Waals surface area contributed by atoms with Crippen LogP contribution in [0.25, 0.3) is 0 Å². The van der Waals surface area contributed by atoms with Crippen LogP contribution >= 0.6 is 0 Å². The molecule has 8 aliphatic heterocycles. The summed E-state index contributed by atoms with van der Waals surface area (Å²) in [6.45, 7) is 15.4. The molecule has 0 aliphatic carbocycles. The summed E-state index contributed by atoms with van der Waals surface area (Å²) in [7, 11) is 0. The van der Waals surface area contributed by atoms with Crippen molar-refractivity contribution in [3.05, 3.63) is 0 Å². The van der Waals surface area contributed by atoms with E-state index in [1.54, 1.807) is 0 Å². The molecule has 20 nitrogen and oxygen atoms in total. The van der Waals surface area contributed by atoms with E-state index >= 15 is 0 Å². The first kappa shape index (κ1) is 44.5. The summed E-state index contributed by atoms with van der Waals surface area (Å²) in [5.41, 5.74) is 0. The average molecular weight is 833 g/mol. The zero-order chi connectivity index (χ0) is 42.2. The number of hydrogen-bond donors (Lipinski definition) is 1. The molecule has 8 saturated heterocycles. The van der Waals surface area contributed by atoms with Crippen LogP contribution in [0.3, 0.4) is 0 Å². The minimum Gasteiger partial charge on any atom is -0.463 e. The highest BCUT2D eigenvalue weighted by molar-refractivity contribution is 5.68. The molecule has 0 saturated carbocycles. The van der Waals surface area contributed by atoms with Gasteiger partial charge < -0.3 is 71.4 Å². The Labute approximate surface area is 335 Å². The smallest absolute Gasteiger partial charge is 0.305 e. The third-order valence-electron chi connectivity index (χ3n) is 11.6. The lowest BCUT2D eigenvalue weighted by atomic mass is 9.83. The van der Waals surface area contributed by atoms with Crippen molar-refractivity contribution in [2.45, 2.75) is 161 Å². The summed E-state index contributed by atoms with van der Waals surface area (Å²) < 4.78 is 76.4. The van der Waals surface area contributed by atoms with Crippen LogP contribution in [0.5, 0.6) is 0 Å². The molecule has 8 rings (SSSR count). The van der Waals surface area contributed by atoms with E-state index in [0.29, 0.717) is 13.2 Å². The molecule has 8 heterocycles. The Bertz CT molecular complexity index is 1490. The van der Waals surface area contributed by atoms with E-state index in [1.165, 1.54) is 34.6 Å². The molecule has 58 heavy (non-hydrogen) atoms. The van der Waals surface area contributed by atoms with Crippen molar-refractivity contribution < 1.29 is 95.4 Å². The second-order valence-electron chi connectivity index (χ2n) is 15.9. The third-order valence-corrected chi connectivity index (χ3v) is 11.6. The average Bonchev–Trinajstić information content (AvgIpc) is 4.05. The van der Waals surface area contributed by atoms with Gasteiger partial charge in [-0.2, -0.15) is 0 Å². The van der Waals surface area contributed by atoms with Crippen LogP contribution in [0.2, 0.25) is 0 Å². The van der Waals surface area contributed by atoms with Crippen LogP contribution in [0.1, 0.15) is 62.3 Å². The summed E-state index contributed by atoms with van der Waals surface area (Å²) in [5.74, 6) is -2.41. The molecule has 8 fully saturated rings. The molecule has 0 amide bonds. The van der Waals surface area contributed by atoms with Crippen LogP contribution in [0.4, 0.5) is 0 Å². The van der Waals surface area contributed by atoms with Crippen molar-refractivity contribution in [1.82, 2.24) is 0 Å². The fourth-order valence-electron chi connectivity index (χ4n) is 7.95. The van der Waals surface area contributed by atoms with E-state index in [0.717, 1.165) is 0 Å². The van der Waals surface area contributed by atoms with Crippen molar-refractivity contribution in [3.63, 3.8) is 0 Å². The van der Waals surface area contributed by atoms with Gasteiger partial charge in [0.15, 0.2) is 31.1 Å². The highest BCUT2D eigenvalue weighted by atomic mass is 16.8. The van der Waals surface area contributed by atoms with E-state index in [4.69, 9.17) is 66.3 Å². The summed E-state index contributed by atoms with van der Waals surface area (Å²) in [6, 6.07) is 0. The Morgan fingerprint density at radius 1 is 0.500 bits per heavy atom. The second-order valence-corrected chi connectivity index (χ2v) is 15.9. The molecule has 0 aromatic carbocycles. The maximum atomic E-state index is 11.6. The molecule has 0 spiro atoms. The third kappa shape index (κ3) is 10.4. The van der Waals surface area contributed by atoms with Gasteiger partial charge in [0.05, 0.1) is 25.4 Å². The first-order valence-electron chi connectivity index (χ1n) is 19.7. The van der Waals surface area contributed by atoms with E-state index in [-0.39, 0.29) is 104 Å². The Hall–Kier alpha value is -3.05. The number of rotatable bonds is 9. The highest BCUT2D eigenvalue weighted by Crippen LogP contribution is 2.45. The van der Waals surface area contributed by atoms with Gasteiger partial charge in [0.2, 0.25) is 6.29 Å². The number of carbonyl (C=O) groups excluding carboxylic acids is 5. The molecule has 328 valence electrons. The van der Waals surface area contributed by atoms with E-state index in [9.17, 15) is 29.1 Å². The Morgan fingerprint density at radius 2 is 0.948 bits per heavy atom. The maximum Gasteiger partial charge on any atom is 0.305 e. The van der Waals surface area contributed by atoms with Crippen molar-refractivity contribution in [2.24, 2.45) is 23.7 Å². The minimum absolute atomic E-state index is 0.000253. The van der Waals surface area contributed by atoms with Gasteiger partial charge >= 0.3 is 29.8 Å². The van der Waals surface area contributed by atoms with Crippen molar-refractivity contribution in [2.75, 3.05) is 26.4 Å². The number of carbonyl (C=O) groups is 5. The zero-order valence-corrected chi connectivity index (χ0v) is 34.1. The molecule has 20 heteroatoms. The number of epoxide rings is 2. The van der Waals surface area contributed by atoms with E-state index in [2.05, 4.69) is 0 Å². The number of fused-ring (bicyclic) bond motifs is 8. The van der Waals surface area contributed by atoms with E-state index < -0.39 is 60.9 Å². The van der Waals surface area contributed by atoms with Crippen LogP contribution in [-0.4, -0.2) is 160 Å². The van der Waals surface area contributed by atoms with Gasteiger partial charge in [-0.15, -0.1) is 0 Å². The summed E-state index contributed by atoms with van der Waals surface area (Å²) in [4.78, 5) is 56.1. The predicted molar refractivity (Wildman–Crippen MR) is 188 cm³/mol. The normalized spacial score (nSPS) is 44.9. The first-order chi connectivity index (χ1) is 27.4. The van der Waals surface area contributed by atoms with Gasteiger partial charge in [-0.25, -0.2) is 0 Å². The molecule has 20 atom stereocenters. The number of aliphatic hydroxyl groups excluding tert-OH is 1. The largest absolute Gasteiger partial charge is 0.463 e. The molecule has 0 aromatic heterocycles. The van der Waals surface area contributed by atoms with Gasteiger partial charge in [-0.05, 0) is 11.8 Å². The monoisotopic (exact) mass is 832 g/mol. The van der Waals surface area contributed by atoms with Gasteiger partial charge in [0.1, 0.15) is 62.0 Å². The Morgan fingerprint density at radius 3 is 1.47 bits per heavy atom. The summed E-state index contributed by atoms with van der Waals surface area (Å²) in [5, 5.41) is 9.38. The molecular formula is C38H56O20. The molecule has 0 radical (unpaired) electrons. The van der Waals surface area contributed by atoms with Gasteiger partial charge in [-0.1, -0.05) is 27.7 Å². The molecule has 8 aliphatic rings. The van der Waals surface area contributed by atoms with Crippen molar-refractivity contribution in [3.8, 4) is 0 Å². The first-order valence-corrected chi connectivity index (χ1v) is 19.7. The van der Waals surface area contributed by atoms with Gasteiger partial charge in [-0.3, -0.25) is 24.0 Å². The molecule has 4 bridgehead atoms. The quantitative estimate of drug-likeness (QED) is 0.187. The van der Waals surface area contributed by atoms with Crippen molar-refractivity contribution in [1.29, 1.82) is 0 Å². The number of esters is 5. The maximum absolute atomic E-state index is 11.6. The lowest BCUT2D eigenvalue weighted by molar-refractivity contribution is -0.302. The minimum atomic E-state index is -1.00. The molecule has 1 N–H and O–H groups in total. The van der Waals surface area contributed by atoms with Crippen LogP contribution in [0.15, 0.2) is 0 Å². The zero-order valence-electron chi connectivity index (χ0n) is 34.1. The fraction of sp³-hybridized carbons (Fsp3) is 0.868. The van der Waals surface area contributed by atoms with E-state index in [1.807, 2.05) is 27.7 Å². The molecule has 9 unspecified atom stereocenters. The summed E-state index contributed by atoms with van der Waals surface area (Å²) >= 11 is 0. The highest BCUT2D eigenvalue weighted by Gasteiger charge is 2.64. The van der Waals surface area contributed by atoms with Crippen LogP contribution in [0, 0.1) is 23.7 Å². The van der Waals surface area contributed by atoms with Crippen LogP contribution < -0.4 is 0 Å². The standard InChI is InChI=1S/C18H26O9.C14H22O7.C6H8O4/c1-7-8(2)13(23-10(4)20)18(24-11(7)5-21-9(3)19)27-14-12-6-22-17(25-12)16-15(14)26-16;1-7-8(2)13(19-10(4)16)14(20-11(5)17)21-12(7)6-18-9(3)15;7-3-2-1-8-6(9-2)5-4(3)10-5/h7-8,11-18H,5-6H2,1-4H3;7-8,12-14H,6H2,1-5H3;2-7H,1H2/t7-,8-,11?,12?,13?,14+,15+,16?,17+,18-;7-,8-,12?,13?,14?;2?,3-,4-,5?,6-/m001/s1. The second kappa shape index (κ2) is 18.7. The van der Waals surface area contributed by atoms with Gasteiger partial charge in [0.25, 0.3) is 0 Å². The Balaban J connectivity index is 0.000000161. The molecular weight excluding hydrogens is 776 g/mol. The van der Waals surface area contributed by atoms with Crippen LogP contribution in [-0.2, 0) is 90.3 Å². The number of hydrogen-bond acceptors (Lipinski definition) is 20. The Kier molecular flexibility index (Phi) is 14.3. The number of ether oxygens (including phenoxy) is 14. The van der Waals surface area contributed by atoms with Gasteiger partial charge in [0, 0.05) is 46.5 Å². The summed E-state index contributed by atoms with van der Waals surface area (Å²) in [6.07, 6.45) is -5.87. The number of aliphatic hydroxyl groups is 1. The predicted octanol–water partition coefficient (Wildman–Crippen LogP) is 0.297.